The summed E-state index contributed by atoms with van der Waals surface area (Å²) in [5, 5.41) is 0. The van der Waals surface area contributed by atoms with Crippen LogP contribution in [-0.2, 0) is 9.59 Å². The third-order valence-corrected chi connectivity index (χ3v) is 4.04. The van der Waals surface area contributed by atoms with Crippen molar-refractivity contribution >= 4 is 11.6 Å². The first kappa shape index (κ1) is 13.0. The fourth-order valence-corrected chi connectivity index (χ4v) is 2.52. The van der Waals surface area contributed by atoms with E-state index in [4.69, 9.17) is 0 Å². The van der Waals surface area contributed by atoms with Crippen molar-refractivity contribution in [2.24, 2.45) is 11.3 Å². The fourth-order valence-electron chi connectivity index (χ4n) is 2.52. The number of Topliss-reactive ketones (excluding diaryl/α,β-unsaturated/α-hetero) is 1. The van der Waals surface area contributed by atoms with E-state index in [2.05, 4.69) is 19.9 Å². The maximum absolute atomic E-state index is 11.9. The van der Waals surface area contributed by atoms with E-state index < -0.39 is 0 Å². The first-order chi connectivity index (χ1) is 8.40. The van der Waals surface area contributed by atoms with Gasteiger partial charge in [-0.2, -0.15) is 0 Å². The summed E-state index contributed by atoms with van der Waals surface area (Å²) in [6.45, 7) is 6.02. The molecule has 2 aliphatic rings. The Balaban J connectivity index is 2.37. The maximum atomic E-state index is 11.9. The van der Waals surface area contributed by atoms with E-state index in [1.54, 1.807) is 6.08 Å². The van der Waals surface area contributed by atoms with E-state index in [9.17, 15) is 9.59 Å². The molecule has 0 aromatic carbocycles. The predicted octanol–water partition coefficient (Wildman–Crippen LogP) is 3.39. The topological polar surface area (TPSA) is 34.1 Å². The zero-order chi connectivity index (χ0) is 13.3. The molecule has 2 rings (SSSR count). The molecule has 0 amide bonds. The molecule has 2 aliphatic carbocycles. The van der Waals surface area contributed by atoms with Gasteiger partial charge in [0.1, 0.15) is 0 Å². The molecule has 0 saturated carbocycles. The molecule has 2 heteroatoms. The van der Waals surface area contributed by atoms with Gasteiger partial charge in [-0.1, -0.05) is 32.1 Å². The van der Waals surface area contributed by atoms with Crippen LogP contribution >= 0.6 is 0 Å². The van der Waals surface area contributed by atoms with Crippen molar-refractivity contribution < 1.29 is 9.59 Å². The third kappa shape index (κ3) is 2.53. The van der Waals surface area contributed by atoms with Crippen LogP contribution in [0.4, 0.5) is 0 Å². The third-order valence-electron chi connectivity index (χ3n) is 4.04. The zero-order valence-electron chi connectivity index (χ0n) is 11.3. The Kier molecular flexibility index (Phi) is 3.38. The molecule has 0 radical (unpaired) electrons. The summed E-state index contributed by atoms with van der Waals surface area (Å²) >= 11 is 0. The summed E-state index contributed by atoms with van der Waals surface area (Å²) in [6, 6.07) is 0. The highest BCUT2D eigenvalue weighted by molar-refractivity contribution is 6.03. The van der Waals surface area contributed by atoms with Gasteiger partial charge in [0, 0.05) is 6.42 Å². The number of carbonyl (C=O) groups excluding carboxylic acids is 2. The Morgan fingerprint density at radius 1 is 1.28 bits per heavy atom. The lowest BCUT2D eigenvalue weighted by Gasteiger charge is -2.26. The lowest BCUT2D eigenvalue weighted by atomic mass is 9.78. The summed E-state index contributed by atoms with van der Waals surface area (Å²) in [5.41, 5.74) is 1.57. The molecule has 0 unspecified atom stereocenters. The summed E-state index contributed by atoms with van der Waals surface area (Å²) in [6.07, 6.45) is 9.79. The average Bonchev–Trinajstić information content (AvgIpc) is 2.67. The van der Waals surface area contributed by atoms with Crippen molar-refractivity contribution in [3.63, 3.8) is 0 Å². The van der Waals surface area contributed by atoms with Crippen molar-refractivity contribution in [1.29, 1.82) is 0 Å². The van der Waals surface area contributed by atoms with E-state index in [0.717, 1.165) is 24.0 Å². The first-order valence-electron chi connectivity index (χ1n) is 6.54. The largest absolute Gasteiger partial charge is 0.295 e. The highest BCUT2D eigenvalue weighted by Gasteiger charge is 2.33. The number of rotatable bonds is 0. The van der Waals surface area contributed by atoms with Crippen LogP contribution in [-0.4, -0.2) is 11.6 Å². The summed E-state index contributed by atoms with van der Waals surface area (Å²) < 4.78 is 0. The van der Waals surface area contributed by atoms with Crippen molar-refractivity contribution in [2.45, 2.75) is 40.0 Å². The van der Waals surface area contributed by atoms with Gasteiger partial charge in [0.05, 0.1) is 0 Å². The van der Waals surface area contributed by atoms with Crippen LogP contribution in [0.1, 0.15) is 40.0 Å². The second-order valence-corrected chi connectivity index (χ2v) is 5.87. The molecule has 0 fully saturated rings. The molecule has 2 nitrogen and oxygen atoms in total. The van der Waals surface area contributed by atoms with Crippen LogP contribution in [0.15, 0.2) is 35.5 Å². The van der Waals surface area contributed by atoms with Crippen LogP contribution in [0.5, 0.6) is 0 Å². The Morgan fingerprint density at radius 2 is 2.00 bits per heavy atom. The number of hydrogen-bond donors (Lipinski definition) is 0. The molecule has 0 saturated heterocycles. The minimum atomic E-state index is -0.141. The first-order valence-corrected chi connectivity index (χ1v) is 6.54. The van der Waals surface area contributed by atoms with Gasteiger partial charge in [0.25, 0.3) is 0 Å². The molecule has 18 heavy (non-hydrogen) atoms. The Bertz CT molecular complexity index is 475. The van der Waals surface area contributed by atoms with Gasteiger partial charge in [-0.3, -0.25) is 9.59 Å². The molecule has 0 aliphatic heterocycles. The molecule has 0 spiro atoms. The SMILES string of the molecule is C/C1=C\CCC2=C[C@H](CC2=O)C(C)(C)/C=C/C1=O. The molecule has 0 N–H and O–H groups in total. The Morgan fingerprint density at radius 3 is 2.72 bits per heavy atom. The van der Waals surface area contributed by atoms with Gasteiger partial charge in [-0.25, -0.2) is 0 Å². The molecule has 2 bridgehead atoms. The lowest BCUT2D eigenvalue weighted by Crippen LogP contribution is -2.19. The van der Waals surface area contributed by atoms with E-state index in [1.165, 1.54) is 0 Å². The lowest BCUT2D eigenvalue weighted by molar-refractivity contribution is -0.115. The summed E-state index contributed by atoms with van der Waals surface area (Å²) in [7, 11) is 0. The molecular weight excluding hydrogens is 224 g/mol. The van der Waals surface area contributed by atoms with Crippen LogP contribution in [0.3, 0.4) is 0 Å². The Hall–Kier alpha value is -1.44. The van der Waals surface area contributed by atoms with Gasteiger partial charge in [-0.05, 0) is 48.3 Å². The fraction of sp³-hybridized carbons (Fsp3) is 0.500. The maximum Gasteiger partial charge on any atom is 0.180 e. The number of carbonyl (C=O) groups is 2. The molecule has 0 aromatic heterocycles. The number of allylic oxidation sites excluding steroid dienone is 6. The van der Waals surface area contributed by atoms with E-state index in [-0.39, 0.29) is 22.9 Å². The standard InChI is InChI=1S/C16H20O2/c1-11-5-4-6-12-9-13(10-15(12)18)16(2,3)8-7-14(11)17/h5,7-9,13H,4,6,10H2,1-3H3/b8-7+,11-5+/t13-/m1/s1. The van der Waals surface area contributed by atoms with Crippen molar-refractivity contribution in [3.8, 4) is 0 Å². The van der Waals surface area contributed by atoms with E-state index in [0.29, 0.717) is 6.42 Å². The normalized spacial score (nSPS) is 32.3. The highest BCUT2D eigenvalue weighted by atomic mass is 16.1. The average molecular weight is 244 g/mol. The van der Waals surface area contributed by atoms with Crippen LogP contribution in [0.25, 0.3) is 0 Å². The molecule has 1 atom stereocenters. The molecule has 96 valence electrons. The summed E-state index contributed by atoms with van der Waals surface area (Å²) in [5.74, 6) is 0.582. The second-order valence-electron chi connectivity index (χ2n) is 5.87. The molecule has 0 aromatic rings. The minimum Gasteiger partial charge on any atom is -0.295 e. The van der Waals surface area contributed by atoms with Crippen LogP contribution < -0.4 is 0 Å². The number of fused-ring (bicyclic) bond motifs is 1. The van der Waals surface area contributed by atoms with Gasteiger partial charge in [-0.15, -0.1) is 0 Å². The van der Waals surface area contributed by atoms with Crippen LogP contribution in [0.2, 0.25) is 0 Å². The van der Waals surface area contributed by atoms with Crippen molar-refractivity contribution in [2.75, 3.05) is 0 Å². The molecular formula is C16H20O2. The highest BCUT2D eigenvalue weighted by Crippen LogP contribution is 2.39. The quantitative estimate of drug-likeness (QED) is 0.654. The predicted molar refractivity (Wildman–Crippen MR) is 72.1 cm³/mol. The monoisotopic (exact) mass is 244 g/mol. The van der Waals surface area contributed by atoms with Crippen molar-refractivity contribution in [3.05, 3.63) is 35.5 Å². The number of ketones is 2. The Labute approximate surface area is 108 Å². The second kappa shape index (κ2) is 4.68. The minimum absolute atomic E-state index is 0.0807. The number of hydrogen-bond acceptors (Lipinski definition) is 2. The van der Waals surface area contributed by atoms with Crippen LogP contribution in [0, 0.1) is 11.3 Å². The smallest absolute Gasteiger partial charge is 0.180 e. The summed E-state index contributed by atoms with van der Waals surface area (Å²) in [4.78, 5) is 23.8. The molecule has 0 heterocycles. The van der Waals surface area contributed by atoms with Gasteiger partial charge in [0.2, 0.25) is 0 Å². The van der Waals surface area contributed by atoms with Gasteiger partial charge >= 0.3 is 0 Å². The van der Waals surface area contributed by atoms with Gasteiger partial charge < -0.3 is 0 Å². The zero-order valence-corrected chi connectivity index (χ0v) is 11.3. The van der Waals surface area contributed by atoms with Crippen molar-refractivity contribution in [1.82, 2.24) is 0 Å². The van der Waals surface area contributed by atoms with E-state index >= 15 is 0 Å². The van der Waals surface area contributed by atoms with Gasteiger partial charge in [0.15, 0.2) is 11.6 Å². The van der Waals surface area contributed by atoms with E-state index in [1.807, 2.05) is 19.1 Å².